The largest absolute Gasteiger partial charge is 0.0622 e. The van der Waals surface area contributed by atoms with Crippen LogP contribution in [0.3, 0.4) is 0 Å². The summed E-state index contributed by atoms with van der Waals surface area (Å²) in [5.74, 6) is 0. The molecule has 10 aromatic carbocycles. The molecule has 0 spiro atoms. The quantitative estimate of drug-likeness (QED) is 0.125. The molecule has 0 bridgehead atoms. The van der Waals surface area contributed by atoms with Crippen molar-refractivity contribution in [1.29, 1.82) is 0 Å². The minimum absolute atomic E-state index is 1.18. The highest BCUT2D eigenvalue weighted by Crippen LogP contribution is 2.51. The average Bonchev–Trinajstić information content (AvgIpc) is 3.57. The van der Waals surface area contributed by atoms with E-state index in [2.05, 4.69) is 206 Å². The summed E-state index contributed by atoms with van der Waals surface area (Å²) in [7, 11) is 0. The van der Waals surface area contributed by atoms with Crippen LogP contribution in [0.5, 0.6) is 0 Å². The first kappa shape index (κ1) is 30.6. The Bertz CT molecular complexity index is 3040. The standard InChI is InChI=1S/C54H34/c1-2-13-36(14-3-1)40-32-31-37(39-15-4-5-16-41(39)40)28-25-35-26-29-38(30-27-35)52-45-19-8-10-21-47(45)54(48-22-11-9-20-46(48)52)51-34-33-50-43-18-7-6-17-42(43)44-23-12-24-49(51)53(44)50/h1-34H/b28-25+. The molecule has 0 aliphatic heterocycles. The van der Waals surface area contributed by atoms with E-state index in [4.69, 9.17) is 0 Å². The second-order valence-corrected chi connectivity index (χ2v) is 14.3. The molecule has 0 amide bonds. The van der Waals surface area contributed by atoms with Crippen molar-refractivity contribution >= 4 is 55.2 Å². The molecule has 0 radical (unpaired) electrons. The van der Waals surface area contributed by atoms with Gasteiger partial charge in [-0.25, -0.2) is 0 Å². The smallest absolute Gasteiger partial charge is 0.00201 e. The Balaban J connectivity index is 1.02. The maximum absolute atomic E-state index is 2.36. The Morgan fingerprint density at radius 3 is 1.43 bits per heavy atom. The molecule has 0 unspecified atom stereocenters. The van der Waals surface area contributed by atoms with Crippen LogP contribution >= 0.6 is 0 Å². The van der Waals surface area contributed by atoms with Gasteiger partial charge in [0.15, 0.2) is 0 Å². The summed E-state index contributed by atoms with van der Waals surface area (Å²) in [5.41, 5.74) is 15.3. The molecule has 0 aromatic heterocycles. The molecular formula is C54H34. The zero-order valence-electron chi connectivity index (χ0n) is 29.6. The van der Waals surface area contributed by atoms with Gasteiger partial charge in [0.05, 0.1) is 0 Å². The number of fused-ring (bicyclic) bond motifs is 6. The second-order valence-electron chi connectivity index (χ2n) is 14.3. The van der Waals surface area contributed by atoms with E-state index in [9.17, 15) is 0 Å². The zero-order chi connectivity index (χ0) is 35.6. The predicted molar refractivity (Wildman–Crippen MR) is 233 cm³/mol. The van der Waals surface area contributed by atoms with Gasteiger partial charge in [-0.05, 0) is 110 Å². The maximum Gasteiger partial charge on any atom is -0.00201 e. The molecule has 0 heterocycles. The highest BCUT2D eigenvalue weighted by molar-refractivity contribution is 6.26. The van der Waals surface area contributed by atoms with Crippen molar-refractivity contribution in [1.82, 2.24) is 0 Å². The van der Waals surface area contributed by atoms with Crippen molar-refractivity contribution in [2.45, 2.75) is 0 Å². The fourth-order valence-corrected chi connectivity index (χ4v) is 9.04. The van der Waals surface area contributed by atoms with Crippen LogP contribution < -0.4 is 0 Å². The first-order valence-electron chi connectivity index (χ1n) is 18.8. The van der Waals surface area contributed by atoms with Gasteiger partial charge in [0, 0.05) is 0 Å². The highest BCUT2D eigenvalue weighted by Gasteiger charge is 2.24. The van der Waals surface area contributed by atoms with Gasteiger partial charge < -0.3 is 0 Å². The van der Waals surface area contributed by atoms with Crippen molar-refractivity contribution in [3.63, 3.8) is 0 Å². The van der Waals surface area contributed by atoms with Crippen LogP contribution in [0.2, 0.25) is 0 Å². The highest BCUT2D eigenvalue weighted by atomic mass is 14.3. The van der Waals surface area contributed by atoms with Gasteiger partial charge in [0.1, 0.15) is 0 Å². The van der Waals surface area contributed by atoms with Gasteiger partial charge in [-0.2, -0.15) is 0 Å². The first-order chi connectivity index (χ1) is 26.8. The zero-order valence-corrected chi connectivity index (χ0v) is 29.6. The lowest BCUT2D eigenvalue weighted by molar-refractivity contribution is 1.63. The third-order valence-corrected chi connectivity index (χ3v) is 11.4. The van der Waals surface area contributed by atoms with Crippen molar-refractivity contribution < 1.29 is 0 Å². The lowest BCUT2D eigenvalue weighted by Crippen LogP contribution is -1.92. The van der Waals surface area contributed by atoms with Crippen LogP contribution in [-0.2, 0) is 0 Å². The summed E-state index contributed by atoms with van der Waals surface area (Å²) in [6, 6.07) is 71.3. The molecule has 0 nitrogen and oxygen atoms in total. The average molecular weight is 683 g/mol. The van der Waals surface area contributed by atoms with Gasteiger partial charge in [-0.15, -0.1) is 0 Å². The van der Waals surface area contributed by atoms with E-state index < -0.39 is 0 Å². The third kappa shape index (κ3) is 4.71. The van der Waals surface area contributed by atoms with E-state index in [-0.39, 0.29) is 0 Å². The van der Waals surface area contributed by atoms with Crippen LogP contribution in [0.15, 0.2) is 194 Å². The summed E-state index contributed by atoms with van der Waals surface area (Å²) in [6.07, 6.45) is 4.49. The molecule has 250 valence electrons. The van der Waals surface area contributed by atoms with E-state index in [0.29, 0.717) is 0 Å². The van der Waals surface area contributed by atoms with Gasteiger partial charge in [0.25, 0.3) is 0 Å². The van der Waals surface area contributed by atoms with Gasteiger partial charge in [0.2, 0.25) is 0 Å². The van der Waals surface area contributed by atoms with Crippen LogP contribution in [0.25, 0.3) is 111 Å². The normalized spacial score (nSPS) is 12.0. The molecule has 1 aliphatic rings. The second kappa shape index (κ2) is 12.3. The van der Waals surface area contributed by atoms with Crippen LogP contribution in [-0.4, -0.2) is 0 Å². The molecular weight excluding hydrogens is 649 g/mol. The van der Waals surface area contributed by atoms with Crippen LogP contribution in [0.4, 0.5) is 0 Å². The van der Waals surface area contributed by atoms with E-state index in [1.165, 1.54) is 110 Å². The molecule has 0 N–H and O–H groups in total. The Labute approximate surface area is 314 Å². The van der Waals surface area contributed by atoms with E-state index in [1.807, 2.05) is 0 Å². The summed E-state index contributed by atoms with van der Waals surface area (Å²) in [6.45, 7) is 0. The third-order valence-electron chi connectivity index (χ3n) is 11.4. The fourth-order valence-electron chi connectivity index (χ4n) is 9.04. The van der Waals surface area contributed by atoms with E-state index in [1.54, 1.807) is 0 Å². The molecule has 0 fully saturated rings. The molecule has 1 aliphatic carbocycles. The lowest BCUT2D eigenvalue weighted by Gasteiger charge is -2.19. The minimum atomic E-state index is 1.18. The number of benzene rings is 10. The predicted octanol–water partition coefficient (Wildman–Crippen LogP) is 15.1. The Hall–Kier alpha value is -7.02. The molecule has 0 atom stereocenters. The molecule has 0 heteroatoms. The van der Waals surface area contributed by atoms with Crippen molar-refractivity contribution in [3.8, 4) is 55.6 Å². The Morgan fingerprint density at radius 2 is 0.741 bits per heavy atom. The van der Waals surface area contributed by atoms with Gasteiger partial charge >= 0.3 is 0 Å². The van der Waals surface area contributed by atoms with Crippen molar-refractivity contribution in [2.24, 2.45) is 0 Å². The topological polar surface area (TPSA) is 0 Å². The first-order valence-corrected chi connectivity index (χ1v) is 18.8. The summed E-state index contributed by atoms with van der Waals surface area (Å²) < 4.78 is 0. The van der Waals surface area contributed by atoms with Gasteiger partial charge in [-0.1, -0.05) is 206 Å². The minimum Gasteiger partial charge on any atom is -0.0622 e. The summed E-state index contributed by atoms with van der Waals surface area (Å²) in [4.78, 5) is 0. The summed E-state index contributed by atoms with van der Waals surface area (Å²) in [5, 5.41) is 10.3. The van der Waals surface area contributed by atoms with Gasteiger partial charge in [-0.3, -0.25) is 0 Å². The molecule has 54 heavy (non-hydrogen) atoms. The van der Waals surface area contributed by atoms with Crippen molar-refractivity contribution in [2.75, 3.05) is 0 Å². The van der Waals surface area contributed by atoms with Crippen molar-refractivity contribution in [3.05, 3.63) is 205 Å². The van der Waals surface area contributed by atoms with E-state index in [0.717, 1.165) is 0 Å². The summed E-state index contributed by atoms with van der Waals surface area (Å²) >= 11 is 0. The monoisotopic (exact) mass is 682 g/mol. The van der Waals surface area contributed by atoms with Crippen LogP contribution in [0.1, 0.15) is 11.1 Å². The molecule has 0 saturated carbocycles. The molecule has 10 aromatic rings. The molecule has 0 saturated heterocycles. The number of hydrogen-bond acceptors (Lipinski definition) is 0. The molecule has 11 rings (SSSR count). The van der Waals surface area contributed by atoms with Crippen LogP contribution in [0, 0.1) is 0 Å². The Kier molecular flexibility index (Phi) is 6.97. The SMILES string of the molecule is C(=C\c1ccc(-c2ccccc2)c2ccccc12)/c1ccc(-c2c3ccccc3c(-c3ccc4c5c(cccc35)-c3ccccc3-4)c3ccccc23)cc1. The number of hydrogen-bond donors (Lipinski definition) is 0. The number of rotatable bonds is 5. The van der Waals surface area contributed by atoms with E-state index >= 15 is 0 Å². The lowest BCUT2D eigenvalue weighted by atomic mass is 9.84. The Morgan fingerprint density at radius 1 is 0.241 bits per heavy atom. The fraction of sp³-hybridized carbons (Fsp3) is 0. The maximum atomic E-state index is 2.36.